The third kappa shape index (κ3) is 2.85. The first kappa shape index (κ1) is 12.8. The lowest BCUT2D eigenvalue weighted by Crippen LogP contribution is -2.41. The zero-order valence-electron chi connectivity index (χ0n) is 11.1. The van der Waals surface area contributed by atoms with Gasteiger partial charge >= 0.3 is 0 Å². The molecule has 19 heavy (non-hydrogen) atoms. The molecule has 1 fully saturated rings. The third-order valence-electron chi connectivity index (χ3n) is 3.93. The molecular formula is C15H21NO3. The second kappa shape index (κ2) is 5.80. The first-order valence-electron chi connectivity index (χ1n) is 7.13. The van der Waals surface area contributed by atoms with E-state index in [4.69, 9.17) is 9.47 Å². The molecule has 2 N–H and O–H groups in total. The smallest absolute Gasteiger partial charge is 0.165 e. The maximum Gasteiger partial charge on any atom is 0.165 e. The highest BCUT2D eigenvalue weighted by atomic mass is 16.6. The lowest BCUT2D eigenvalue weighted by Gasteiger charge is -2.29. The highest BCUT2D eigenvalue weighted by Crippen LogP contribution is 2.33. The number of ether oxygens (including phenoxy) is 2. The van der Waals surface area contributed by atoms with Gasteiger partial charge in [0.1, 0.15) is 13.2 Å². The van der Waals surface area contributed by atoms with E-state index < -0.39 is 0 Å². The Balaban J connectivity index is 1.66. The molecule has 4 heteroatoms. The molecule has 1 aromatic carbocycles. The van der Waals surface area contributed by atoms with E-state index in [1.807, 2.05) is 12.1 Å². The fourth-order valence-corrected chi connectivity index (χ4v) is 2.86. The van der Waals surface area contributed by atoms with E-state index in [0.29, 0.717) is 19.8 Å². The minimum absolute atomic E-state index is 0.203. The maximum atomic E-state index is 9.97. The van der Waals surface area contributed by atoms with Crippen molar-refractivity contribution < 1.29 is 14.6 Å². The van der Waals surface area contributed by atoms with Gasteiger partial charge in [0.05, 0.1) is 6.10 Å². The summed E-state index contributed by atoms with van der Waals surface area (Å²) in [6.45, 7) is 1.94. The second-order valence-corrected chi connectivity index (χ2v) is 5.28. The molecule has 3 rings (SSSR count). The van der Waals surface area contributed by atoms with Crippen molar-refractivity contribution in [2.45, 2.75) is 44.4 Å². The average Bonchev–Trinajstić information content (AvgIpc) is 2.46. The summed E-state index contributed by atoms with van der Waals surface area (Å²) in [5.41, 5.74) is 1.11. The van der Waals surface area contributed by atoms with Gasteiger partial charge in [-0.2, -0.15) is 0 Å². The maximum absolute atomic E-state index is 9.97. The van der Waals surface area contributed by atoms with Gasteiger partial charge in [0.2, 0.25) is 0 Å². The standard InChI is InChI=1S/C15H21NO3/c17-13-6-2-1-5-12(13)16-10-11-4-3-7-14-15(11)19-9-8-18-14/h3-4,7,12-13,16-17H,1-2,5-6,8-10H2/t12-,13+/m1/s1. The summed E-state index contributed by atoms with van der Waals surface area (Å²) in [4.78, 5) is 0. The van der Waals surface area contributed by atoms with Crippen LogP contribution in [-0.2, 0) is 6.54 Å². The third-order valence-corrected chi connectivity index (χ3v) is 3.93. The number of benzene rings is 1. The van der Waals surface area contributed by atoms with Crippen LogP contribution in [0.3, 0.4) is 0 Å². The molecule has 0 spiro atoms. The Bertz CT molecular complexity index is 435. The molecule has 4 nitrogen and oxygen atoms in total. The number of aliphatic hydroxyl groups is 1. The molecular weight excluding hydrogens is 242 g/mol. The molecule has 2 aliphatic rings. The van der Waals surface area contributed by atoms with Gasteiger partial charge < -0.3 is 19.9 Å². The molecule has 0 unspecified atom stereocenters. The minimum atomic E-state index is -0.217. The predicted octanol–water partition coefficient (Wildman–Crippen LogP) is 1.85. The number of para-hydroxylation sites is 1. The highest BCUT2D eigenvalue weighted by molar-refractivity contribution is 5.47. The number of nitrogens with one attached hydrogen (secondary N) is 1. The molecule has 1 heterocycles. The Hall–Kier alpha value is -1.26. The van der Waals surface area contributed by atoms with E-state index >= 15 is 0 Å². The molecule has 1 aromatic rings. The fourth-order valence-electron chi connectivity index (χ4n) is 2.86. The lowest BCUT2D eigenvalue weighted by molar-refractivity contribution is 0.0899. The van der Waals surface area contributed by atoms with Crippen molar-refractivity contribution in [3.63, 3.8) is 0 Å². The molecule has 0 radical (unpaired) electrons. The van der Waals surface area contributed by atoms with Crippen LogP contribution in [0.4, 0.5) is 0 Å². The van der Waals surface area contributed by atoms with Gasteiger partial charge in [0.15, 0.2) is 11.5 Å². The van der Waals surface area contributed by atoms with Gasteiger partial charge in [-0.15, -0.1) is 0 Å². The quantitative estimate of drug-likeness (QED) is 0.874. The van der Waals surface area contributed by atoms with Crippen molar-refractivity contribution >= 4 is 0 Å². The summed E-state index contributed by atoms with van der Waals surface area (Å²) in [6, 6.07) is 6.18. The zero-order valence-corrected chi connectivity index (χ0v) is 11.1. The van der Waals surface area contributed by atoms with Crippen molar-refractivity contribution in [2.75, 3.05) is 13.2 Å². The normalized spacial score (nSPS) is 26.2. The number of aliphatic hydroxyl groups excluding tert-OH is 1. The summed E-state index contributed by atoms with van der Waals surface area (Å²) >= 11 is 0. The van der Waals surface area contributed by atoms with Crippen LogP contribution >= 0.6 is 0 Å². The van der Waals surface area contributed by atoms with Crippen LogP contribution in [0, 0.1) is 0 Å². The van der Waals surface area contributed by atoms with Crippen LogP contribution in [0.1, 0.15) is 31.2 Å². The number of hydrogen-bond acceptors (Lipinski definition) is 4. The first-order chi connectivity index (χ1) is 9.34. The van der Waals surface area contributed by atoms with Gasteiger partial charge in [0, 0.05) is 18.2 Å². The van der Waals surface area contributed by atoms with E-state index in [1.54, 1.807) is 0 Å². The number of hydrogen-bond donors (Lipinski definition) is 2. The monoisotopic (exact) mass is 263 g/mol. The highest BCUT2D eigenvalue weighted by Gasteiger charge is 2.23. The molecule has 0 bridgehead atoms. The van der Waals surface area contributed by atoms with E-state index in [0.717, 1.165) is 36.3 Å². The average molecular weight is 263 g/mol. The van der Waals surface area contributed by atoms with Crippen LogP contribution < -0.4 is 14.8 Å². The Labute approximate surface area is 113 Å². The van der Waals surface area contributed by atoms with Gasteiger partial charge in [-0.05, 0) is 18.9 Å². The van der Waals surface area contributed by atoms with Crippen molar-refractivity contribution in [1.29, 1.82) is 0 Å². The van der Waals surface area contributed by atoms with Crippen LogP contribution in [0.25, 0.3) is 0 Å². The summed E-state index contributed by atoms with van der Waals surface area (Å²) in [7, 11) is 0. The molecule has 104 valence electrons. The topological polar surface area (TPSA) is 50.7 Å². The molecule has 0 amide bonds. The number of rotatable bonds is 3. The van der Waals surface area contributed by atoms with Gasteiger partial charge in [-0.25, -0.2) is 0 Å². The fraction of sp³-hybridized carbons (Fsp3) is 0.600. The van der Waals surface area contributed by atoms with Crippen molar-refractivity contribution in [3.05, 3.63) is 23.8 Å². The van der Waals surface area contributed by atoms with Gasteiger partial charge in [0.25, 0.3) is 0 Å². The van der Waals surface area contributed by atoms with Gasteiger partial charge in [-0.3, -0.25) is 0 Å². The molecule has 2 atom stereocenters. The van der Waals surface area contributed by atoms with Crippen LogP contribution in [-0.4, -0.2) is 30.5 Å². The largest absolute Gasteiger partial charge is 0.486 e. The molecule has 0 saturated heterocycles. The van der Waals surface area contributed by atoms with Crippen molar-refractivity contribution in [1.82, 2.24) is 5.32 Å². The van der Waals surface area contributed by atoms with Crippen LogP contribution in [0.15, 0.2) is 18.2 Å². The summed E-state index contributed by atoms with van der Waals surface area (Å²) in [5, 5.41) is 13.4. The molecule has 1 aliphatic carbocycles. The minimum Gasteiger partial charge on any atom is -0.486 e. The molecule has 0 aromatic heterocycles. The van der Waals surface area contributed by atoms with E-state index in [2.05, 4.69) is 11.4 Å². The Kier molecular flexibility index (Phi) is 3.89. The van der Waals surface area contributed by atoms with Crippen molar-refractivity contribution in [2.24, 2.45) is 0 Å². The Morgan fingerprint density at radius 3 is 2.89 bits per heavy atom. The van der Waals surface area contributed by atoms with E-state index in [1.165, 1.54) is 6.42 Å². The Morgan fingerprint density at radius 1 is 1.16 bits per heavy atom. The molecule has 1 aliphatic heterocycles. The Morgan fingerprint density at radius 2 is 2.00 bits per heavy atom. The van der Waals surface area contributed by atoms with E-state index in [9.17, 15) is 5.11 Å². The van der Waals surface area contributed by atoms with Crippen LogP contribution in [0.2, 0.25) is 0 Å². The van der Waals surface area contributed by atoms with E-state index in [-0.39, 0.29) is 12.1 Å². The van der Waals surface area contributed by atoms with Crippen LogP contribution in [0.5, 0.6) is 11.5 Å². The molecule has 1 saturated carbocycles. The summed E-state index contributed by atoms with van der Waals surface area (Å²) in [6.07, 6.45) is 4.07. The summed E-state index contributed by atoms with van der Waals surface area (Å²) in [5.74, 6) is 1.68. The van der Waals surface area contributed by atoms with Crippen molar-refractivity contribution in [3.8, 4) is 11.5 Å². The second-order valence-electron chi connectivity index (χ2n) is 5.28. The SMILES string of the molecule is O[C@H]1CCCC[C@H]1NCc1cccc2c1OCCO2. The number of fused-ring (bicyclic) bond motifs is 1. The van der Waals surface area contributed by atoms with Gasteiger partial charge in [-0.1, -0.05) is 25.0 Å². The first-order valence-corrected chi connectivity index (χ1v) is 7.13. The summed E-state index contributed by atoms with van der Waals surface area (Å²) < 4.78 is 11.3. The predicted molar refractivity (Wildman–Crippen MR) is 72.5 cm³/mol. The zero-order chi connectivity index (χ0) is 13.1. The lowest BCUT2D eigenvalue weighted by atomic mass is 9.92.